The van der Waals surface area contributed by atoms with Crippen LogP contribution < -0.4 is 0 Å². The first-order valence-electron chi connectivity index (χ1n) is 1.95. The van der Waals surface area contributed by atoms with Gasteiger partial charge in [-0.2, -0.15) is 0 Å². The molecule has 6 N–H and O–H groups in total. The molecule has 0 aromatic rings. The Morgan fingerprint density at radius 3 is 0.412 bits per heavy atom. The molecule has 0 heterocycles. The Morgan fingerprint density at radius 2 is 0.412 bits per heavy atom. The van der Waals surface area contributed by atoms with Gasteiger partial charge in [0, 0.05) is 0 Å². The van der Waals surface area contributed by atoms with E-state index in [-0.39, 0.29) is 148 Å². The molecule has 0 bridgehead atoms. The monoisotopic (exact) mass is 354 g/mol. The Labute approximate surface area is 213 Å². The molecule has 0 aliphatic heterocycles. The van der Waals surface area contributed by atoms with Crippen molar-refractivity contribution in [3.63, 3.8) is 0 Å². The molecule has 0 saturated heterocycles. The molecule has 0 saturated carbocycles. The van der Waals surface area contributed by atoms with Gasteiger partial charge in [0.25, 0.3) is 0 Å². The van der Waals surface area contributed by atoms with Crippen molar-refractivity contribution in [2.45, 2.75) is 0 Å². The summed E-state index contributed by atoms with van der Waals surface area (Å²) in [4.78, 5) is 42.9. The Kier molecular flexibility index (Phi) is 125. The van der Waals surface area contributed by atoms with Gasteiger partial charge in [-0.05, 0) is 0 Å². The molecule has 0 unspecified atom stereocenters. The van der Waals surface area contributed by atoms with Gasteiger partial charge in [0.05, 0.1) is 0 Å². The van der Waals surface area contributed by atoms with Crippen LogP contribution in [0, 0.1) is 0 Å². The maximum atomic E-state index is 8.74. The van der Waals surface area contributed by atoms with Crippen molar-refractivity contribution in [2.24, 2.45) is 0 Å². The summed E-state index contributed by atoms with van der Waals surface area (Å²) in [5, 5.41) is 0. The summed E-state index contributed by atoms with van der Waals surface area (Å²) in [7, 11) is -9.39. The molecule has 82 valence electrons. The fourth-order valence-electron chi connectivity index (χ4n) is 0. The van der Waals surface area contributed by atoms with Crippen molar-refractivity contribution in [3.8, 4) is 0 Å². The second kappa shape index (κ2) is 42.7. The van der Waals surface area contributed by atoms with Gasteiger partial charge < -0.3 is 28.8 Å². The van der Waals surface area contributed by atoms with E-state index in [1.807, 2.05) is 0 Å². The molecule has 0 rings (SSSR count). The summed E-state index contributed by atoms with van der Waals surface area (Å²) in [6.07, 6.45) is 0. The molecular weight excluding hydrogens is 343 g/mol. The van der Waals surface area contributed by atoms with E-state index in [9.17, 15) is 0 Å². The van der Waals surface area contributed by atoms with E-state index in [0.29, 0.717) is 0 Å². The van der Waals surface area contributed by atoms with E-state index in [2.05, 4.69) is 0 Å². The zero-order valence-corrected chi connectivity index (χ0v) is 8.41. The Morgan fingerprint density at radius 1 is 0.412 bits per heavy atom. The topological polar surface area (TPSA) is 173 Å². The molecule has 0 spiro atoms. The quantitative estimate of drug-likeness (QED) is 0.231. The van der Waals surface area contributed by atoms with Gasteiger partial charge in [0.1, 0.15) is 0 Å². The molecule has 17 heavy (non-hydrogen) atoms. The molecule has 0 aliphatic carbocycles. The Bertz CT molecular complexity index is 122. The van der Waals surface area contributed by atoms with Crippen LogP contribution in [0.1, 0.15) is 0 Å². The summed E-state index contributed by atoms with van der Waals surface area (Å²) in [6.45, 7) is 0. The van der Waals surface area contributed by atoms with Crippen LogP contribution in [0.2, 0.25) is 0 Å². The minimum absolute atomic E-state index is 0. The van der Waals surface area contributed by atoms with Gasteiger partial charge >= 0.3 is 175 Å². The summed E-state index contributed by atoms with van der Waals surface area (Å²) < 4.78 is 26.2. The molecule has 0 aliphatic rings. The Balaban J connectivity index is -0.0000000104. The molecule has 0 atom stereocenters. The third-order valence-corrected chi connectivity index (χ3v) is 0. The molecular formula is H11Na5O9Si3. The van der Waals surface area contributed by atoms with E-state index < -0.39 is 27.5 Å². The standard InChI is InChI=1S/5Na.3H2O3Si.5H/c;;;;;3*1-4(2)3;;;;;/h;;;;;3*1-2H;;;;;. The van der Waals surface area contributed by atoms with Crippen molar-refractivity contribution in [2.75, 3.05) is 0 Å². The van der Waals surface area contributed by atoms with E-state index >= 15 is 0 Å². The predicted octanol–water partition coefficient (Wildman–Crippen LogP) is -8.08. The SMILES string of the molecule is O=[Si](O)O.O=[Si](O)O.O=[Si](O)O.[NaH].[NaH].[NaH].[NaH].[NaH]. The molecule has 17 heteroatoms. The molecule has 9 nitrogen and oxygen atoms in total. The van der Waals surface area contributed by atoms with Crippen LogP contribution in [0.15, 0.2) is 0 Å². The van der Waals surface area contributed by atoms with Crippen LogP contribution >= 0.6 is 0 Å². The fraction of sp³-hybridized carbons (Fsp3) is 0. The third kappa shape index (κ3) is 427. The van der Waals surface area contributed by atoms with Gasteiger partial charge in [0.15, 0.2) is 0 Å². The normalized spacial score (nSPS) is 4.24. The van der Waals surface area contributed by atoms with Crippen molar-refractivity contribution >= 4 is 175 Å². The van der Waals surface area contributed by atoms with Gasteiger partial charge in [-0.1, -0.05) is 0 Å². The van der Waals surface area contributed by atoms with Crippen molar-refractivity contribution in [1.82, 2.24) is 0 Å². The van der Waals surface area contributed by atoms with Gasteiger partial charge in [0.2, 0.25) is 0 Å². The summed E-state index contributed by atoms with van der Waals surface area (Å²) in [6, 6.07) is 0. The van der Waals surface area contributed by atoms with Gasteiger partial charge in [-0.25, -0.2) is 0 Å². The average molecular weight is 354 g/mol. The molecule has 0 fully saturated rings. The first-order valence-corrected chi connectivity index (χ1v) is 5.86. The maximum absolute atomic E-state index is 8.74. The Hall–Kier alpha value is 3.85. The predicted molar refractivity (Wildman–Crippen MR) is 68.4 cm³/mol. The van der Waals surface area contributed by atoms with Crippen LogP contribution in [0.5, 0.6) is 0 Å². The van der Waals surface area contributed by atoms with Crippen molar-refractivity contribution in [3.05, 3.63) is 0 Å². The molecule has 0 amide bonds. The van der Waals surface area contributed by atoms with Crippen LogP contribution in [-0.2, 0) is 13.4 Å². The van der Waals surface area contributed by atoms with E-state index in [0.717, 1.165) is 0 Å². The van der Waals surface area contributed by atoms with Crippen molar-refractivity contribution < 1.29 is 42.2 Å². The number of hydrogen-bond donors (Lipinski definition) is 6. The van der Waals surface area contributed by atoms with E-state index in [1.54, 1.807) is 0 Å². The second-order valence-corrected chi connectivity index (χ2v) is 2.54. The fourth-order valence-corrected chi connectivity index (χ4v) is 0. The molecule has 0 aromatic carbocycles. The van der Waals surface area contributed by atoms with Crippen LogP contribution in [-0.4, -0.2) is 204 Å². The summed E-state index contributed by atoms with van der Waals surface area (Å²) >= 11 is 0. The minimum atomic E-state index is -3.13. The van der Waals surface area contributed by atoms with Gasteiger partial charge in [-0.3, -0.25) is 13.4 Å². The van der Waals surface area contributed by atoms with Crippen molar-refractivity contribution in [1.29, 1.82) is 0 Å². The number of hydrogen-bond acceptors (Lipinski definition) is 3. The van der Waals surface area contributed by atoms with Crippen LogP contribution in [0.4, 0.5) is 0 Å². The second-order valence-electron chi connectivity index (χ2n) is 0.848. The average Bonchev–Trinajstić information content (AvgIpc) is 1.54. The summed E-state index contributed by atoms with van der Waals surface area (Å²) in [5.74, 6) is 0. The van der Waals surface area contributed by atoms with E-state index in [4.69, 9.17) is 42.2 Å². The van der Waals surface area contributed by atoms with Crippen LogP contribution in [0.25, 0.3) is 0 Å². The summed E-state index contributed by atoms with van der Waals surface area (Å²) in [5.41, 5.74) is 0. The third-order valence-electron chi connectivity index (χ3n) is 0. The zero-order chi connectivity index (χ0) is 10.7. The molecule has 0 radical (unpaired) electrons. The molecule has 0 aromatic heterocycles. The first-order chi connectivity index (χ1) is 5.20. The first kappa shape index (κ1) is 49.8. The number of rotatable bonds is 0. The van der Waals surface area contributed by atoms with E-state index in [1.165, 1.54) is 0 Å². The van der Waals surface area contributed by atoms with Gasteiger partial charge in [-0.15, -0.1) is 0 Å². The van der Waals surface area contributed by atoms with Crippen LogP contribution in [0.3, 0.4) is 0 Å². The zero-order valence-electron chi connectivity index (χ0n) is 5.41.